The summed E-state index contributed by atoms with van der Waals surface area (Å²) in [6.45, 7) is 4.24. The van der Waals surface area contributed by atoms with Gasteiger partial charge in [0.1, 0.15) is 17.4 Å². The number of fused-ring (bicyclic) bond motifs is 1. The molecule has 6 nitrogen and oxygen atoms in total. The number of hydrogen-bond acceptors (Lipinski definition) is 4. The Morgan fingerprint density at radius 1 is 1.11 bits per heavy atom. The number of hydrogen-bond donors (Lipinski definition) is 1. The van der Waals surface area contributed by atoms with Gasteiger partial charge in [-0.1, -0.05) is 45.2 Å². The molecule has 1 heterocycles. The molecule has 2 fully saturated rings. The van der Waals surface area contributed by atoms with Crippen molar-refractivity contribution in [3.8, 4) is 5.69 Å². The van der Waals surface area contributed by atoms with Gasteiger partial charge in [0, 0.05) is 36.7 Å². The van der Waals surface area contributed by atoms with E-state index >= 15 is 0 Å². The fourth-order valence-corrected chi connectivity index (χ4v) is 5.71. The van der Waals surface area contributed by atoms with E-state index in [1.807, 2.05) is 28.8 Å². The van der Waals surface area contributed by atoms with E-state index in [0.29, 0.717) is 11.4 Å². The monoisotopic (exact) mass is 489 g/mol. The normalized spacial score (nSPS) is 19.2. The third kappa shape index (κ3) is 4.47. The number of Topliss-reactive ketones (excluding diaryl/α,β-unsaturated/α-hetero) is 1. The summed E-state index contributed by atoms with van der Waals surface area (Å²) in [4.78, 5) is 33.8. The number of carbonyl (C=O) groups is 2. The molecule has 0 aliphatic heterocycles. The minimum absolute atomic E-state index is 0.221. The van der Waals surface area contributed by atoms with Gasteiger partial charge in [0.25, 0.3) is 0 Å². The van der Waals surface area contributed by atoms with E-state index < -0.39 is 17.4 Å². The summed E-state index contributed by atoms with van der Waals surface area (Å²) in [5.74, 6) is 0.174. The average Bonchev–Trinajstić information content (AvgIpc) is 3.20. The molecule has 0 unspecified atom stereocenters. The van der Waals surface area contributed by atoms with Gasteiger partial charge in [0.05, 0.1) is 16.4 Å². The van der Waals surface area contributed by atoms with Crippen LogP contribution in [0, 0.1) is 17.2 Å². The molecule has 0 bridgehead atoms. The van der Waals surface area contributed by atoms with Crippen LogP contribution in [0.25, 0.3) is 16.7 Å². The van der Waals surface area contributed by atoms with Gasteiger partial charge < -0.3 is 5.11 Å². The average molecular weight is 490 g/mol. The van der Waals surface area contributed by atoms with Crippen LogP contribution >= 0.6 is 0 Å². The molecule has 2 aliphatic carbocycles. The zero-order valence-electron chi connectivity index (χ0n) is 20.8. The summed E-state index contributed by atoms with van der Waals surface area (Å²) in [5, 5.41) is 9.89. The third-order valence-corrected chi connectivity index (χ3v) is 7.62. The molecule has 2 saturated carbocycles. The predicted molar refractivity (Wildman–Crippen MR) is 137 cm³/mol. The Kier molecular flexibility index (Phi) is 6.49. The highest BCUT2D eigenvalue weighted by Crippen LogP contribution is 2.47. The summed E-state index contributed by atoms with van der Waals surface area (Å²) in [6, 6.07) is 11.5. The number of carbonyl (C=O) groups excluding carboxylic acids is 1. The smallest absolute Gasteiger partial charge is 0.328 e. The number of nitrogens with zero attached hydrogens (tertiary/aromatic N) is 3. The standard InChI is InChI=1S/C29H32FN3O3/c1-18(2)14-27-32-22-16-20(30)8-11-24(22)33(27)21-9-6-19(7-10-21)15-23(28(35)36)31-25-17-26(34)29(25)12-4-3-5-13-29/h6-11,16,18,23H,3-5,12-15,17H2,1-2H3,(H,35,36)/t23-/m0/s1. The first kappa shape index (κ1) is 24.3. The second-order valence-electron chi connectivity index (χ2n) is 10.6. The number of aromatic nitrogens is 2. The third-order valence-electron chi connectivity index (χ3n) is 7.62. The van der Waals surface area contributed by atoms with Crippen LogP contribution in [0.5, 0.6) is 0 Å². The van der Waals surface area contributed by atoms with Crippen LogP contribution in [0.2, 0.25) is 0 Å². The maximum Gasteiger partial charge on any atom is 0.328 e. The van der Waals surface area contributed by atoms with E-state index in [9.17, 15) is 19.1 Å². The summed E-state index contributed by atoms with van der Waals surface area (Å²) in [7, 11) is 0. The minimum Gasteiger partial charge on any atom is -0.480 e. The Morgan fingerprint density at radius 3 is 2.47 bits per heavy atom. The van der Waals surface area contributed by atoms with Crippen molar-refractivity contribution in [3.05, 3.63) is 59.7 Å². The van der Waals surface area contributed by atoms with Crippen LogP contribution < -0.4 is 0 Å². The van der Waals surface area contributed by atoms with Crippen molar-refractivity contribution >= 4 is 28.5 Å². The molecule has 36 heavy (non-hydrogen) atoms. The molecular weight excluding hydrogens is 457 g/mol. The van der Waals surface area contributed by atoms with E-state index in [4.69, 9.17) is 0 Å². The molecule has 2 aliphatic rings. The number of halogens is 1. The van der Waals surface area contributed by atoms with Crippen LogP contribution in [0.4, 0.5) is 4.39 Å². The lowest BCUT2D eigenvalue weighted by Gasteiger charge is -2.44. The molecule has 3 aromatic rings. The zero-order chi connectivity index (χ0) is 25.4. The number of carboxylic acids is 1. The lowest BCUT2D eigenvalue weighted by Crippen LogP contribution is -2.52. The molecule has 0 radical (unpaired) electrons. The van der Waals surface area contributed by atoms with Crippen LogP contribution in [-0.2, 0) is 22.4 Å². The summed E-state index contributed by atoms with van der Waals surface area (Å²) in [6.07, 6.45) is 6.01. The molecule has 1 N–H and O–H groups in total. The first-order valence-electron chi connectivity index (χ1n) is 12.9. The topological polar surface area (TPSA) is 84.5 Å². The molecule has 2 aromatic carbocycles. The van der Waals surface area contributed by atoms with Gasteiger partial charge in [0.2, 0.25) is 0 Å². The number of carboxylic acid groups (broad SMARTS) is 1. The Hall–Kier alpha value is -3.35. The highest BCUT2D eigenvalue weighted by atomic mass is 19.1. The molecule has 5 rings (SSSR count). The summed E-state index contributed by atoms with van der Waals surface area (Å²) < 4.78 is 15.9. The predicted octanol–water partition coefficient (Wildman–Crippen LogP) is 5.72. The molecular formula is C29H32FN3O3. The van der Waals surface area contributed by atoms with Crippen molar-refractivity contribution in [2.24, 2.45) is 16.3 Å². The Bertz CT molecular complexity index is 1330. The first-order valence-corrected chi connectivity index (χ1v) is 12.9. The Balaban J connectivity index is 1.41. The van der Waals surface area contributed by atoms with E-state index in [2.05, 4.69) is 23.8 Å². The molecule has 1 atom stereocenters. The first-order chi connectivity index (χ1) is 17.3. The summed E-state index contributed by atoms with van der Waals surface area (Å²) in [5.41, 5.74) is 3.49. The van der Waals surface area contributed by atoms with Gasteiger partial charge in [-0.15, -0.1) is 0 Å². The van der Waals surface area contributed by atoms with Crippen molar-refractivity contribution in [1.29, 1.82) is 0 Å². The minimum atomic E-state index is -0.973. The van der Waals surface area contributed by atoms with Gasteiger partial charge in [-0.3, -0.25) is 14.4 Å². The number of aliphatic carboxylic acids is 1. The van der Waals surface area contributed by atoms with Gasteiger partial charge in [-0.25, -0.2) is 14.2 Å². The van der Waals surface area contributed by atoms with E-state index in [0.717, 1.165) is 66.8 Å². The second-order valence-corrected chi connectivity index (χ2v) is 10.6. The van der Waals surface area contributed by atoms with Crippen molar-refractivity contribution in [3.63, 3.8) is 0 Å². The number of benzene rings is 2. The highest BCUT2D eigenvalue weighted by Gasteiger charge is 2.52. The van der Waals surface area contributed by atoms with Crippen molar-refractivity contribution < 1.29 is 19.1 Å². The van der Waals surface area contributed by atoms with Crippen molar-refractivity contribution in [2.45, 2.75) is 71.3 Å². The molecule has 1 spiro atoms. The van der Waals surface area contributed by atoms with E-state index in [1.54, 1.807) is 6.07 Å². The van der Waals surface area contributed by atoms with Gasteiger partial charge >= 0.3 is 5.97 Å². The van der Waals surface area contributed by atoms with E-state index in [-0.39, 0.29) is 24.4 Å². The molecule has 0 amide bonds. The maximum absolute atomic E-state index is 13.8. The van der Waals surface area contributed by atoms with Gasteiger partial charge in [-0.2, -0.15) is 0 Å². The fraction of sp³-hybridized carbons (Fsp3) is 0.448. The lowest BCUT2D eigenvalue weighted by molar-refractivity contribution is -0.138. The maximum atomic E-state index is 13.8. The van der Waals surface area contributed by atoms with Crippen LogP contribution in [0.3, 0.4) is 0 Å². The number of aliphatic imine (C=N–C) groups is 1. The van der Waals surface area contributed by atoms with Crippen LogP contribution in [0.1, 0.15) is 63.8 Å². The second kappa shape index (κ2) is 9.60. The fourth-order valence-electron chi connectivity index (χ4n) is 5.71. The van der Waals surface area contributed by atoms with Crippen LogP contribution in [-0.4, -0.2) is 38.2 Å². The number of rotatable bonds is 7. The number of imidazole rings is 1. The SMILES string of the molecule is CC(C)Cc1nc2cc(F)ccc2n1-c1ccc(C[C@H](N=C2CC(=O)C23CCCCC3)C(=O)O)cc1. The van der Waals surface area contributed by atoms with Crippen molar-refractivity contribution in [2.75, 3.05) is 0 Å². The molecule has 1 aromatic heterocycles. The highest BCUT2D eigenvalue weighted by molar-refractivity contribution is 6.27. The quantitative estimate of drug-likeness (QED) is 0.460. The zero-order valence-corrected chi connectivity index (χ0v) is 20.8. The van der Waals surface area contributed by atoms with E-state index in [1.165, 1.54) is 12.1 Å². The largest absolute Gasteiger partial charge is 0.480 e. The van der Waals surface area contributed by atoms with Crippen molar-refractivity contribution in [1.82, 2.24) is 9.55 Å². The van der Waals surface area contributed by atoms with Gasteiger partial charge in [-0.05, 0) is 48.6 Å². The molecule has 188 valence electrons. The van der Waals surface area contributed by atoms with Crippen LogP contribution in [0.15, 0.2) is 47.5 Å². The van der Waals surface area contributed by atoms with Gasteiger partial charge in [0.15, 0.2) is 6.04 Å². The molecule has 7 heteroatoms. The Morgan fingerprint density at radius 2 is 1.83 bits per heavy atom. The number of ketones is 1. The molecule has 0 saturated heterocycles. The summed E-state index contributed by atoms with van der Waals surface area (Å²) >= 11 is 0. The lowest BCUT2D eigenvalue weighted by atomic mass is 9.58. The Labute approximate surface area is 210 Å².